The first-order valence-electron chi connectivity index (χ1n) is 16.0. The van der Waals surface area contributed by atoms with Crippen molar-refractivity contribution in [1.29, 1.82) is 0 Å². The molecule has 46 heavy (non-hydrogen) atoms. The van der Waals surface area contributed by atoms with Crippen molar-refractivity contribution in [1.82, 2.24) is 13.7 Å². The van der Waals surface area contributed by atoms with Crippen LogP contribution in [0.5, 0.6) is 0 Å². The summed E-state index contributed by atoms with van der Waals surface area (Å²) in [7, 11) is 0. The van der Waals surface area contributed by atoms with Gasteiger partial charge in [0, 0.05) is 33.0 Å². The molecule has 210 valence electrons. The van der Waals surface area contributed by atoms with Crippen LogP contribution in [0, 0.1) is 0 Å². The van der Waals surface area contributed by atoms with E-state index in [1.807, 2.05) is 0 Å². The highest BCUT2D eigenvalue weighted by atomic mass is 15.4. The monoisotopic (exact) mass is 585 g/mol. The van der Waals surface area contributed by atoms with Crippen molar-refractivity contribution in [3.8, 4) is 17.2 Å². The average Bonchev–Trinajstić information content (AvgIpc) is 3.76. The molecule has 1 unspecified atom stereocenters. The molecule has 13 rings (SSSR count). The molecule has 0 amide bonds. The molecule has 0 saturated carbocycles. The van der Waals surface area contributed by atoms with Crippen molar-refractivity contribution in [2.45, 2.75) is 5.66 Å². The molecule has 5 heteroatoms. The Kier molecular flexibility index (Phi) is 3.41. The van der Waals surface area contributed by atoms with Gasteiger partial charge in [0.1, 0.15) is 27.8 Å². The lowest BCUT2D eigenvalue weighted by Crippen LogP contribution is -2.78. The van der Waals surface area contributed by atoms with Crippen LogP contribution in [0.15, 0.2) is 140 Å². The van der Waals surface area contributed by atoms with Gasteiger partial charge in [-0.05, 0) is 72.8 Å². The van der Waals surface area contributed by atoms with Crippen LogP contribution in [0.3, 0.4) is 0 Å². The normalized spacial score (nSPS) is 16.8. The van der Waals surface area contributed by atoms with Gasteiger partial charge in [0.2, 0.25) is 0 Å². The lowest BCUT2D eigenvalue weighted by Gasteiger charge is -2.41. The van der Waals surface area contributed by atoms with Crippen molar-refractivity contribution in [3.05, 3.63) is 151 Å². The van der Waals surface area contributed by atoms with Gasteiger partial charge in [-0.1, -0.05) is 48.5 Å². The highest BCUT2D eigenvalue weighted by molar-refractivity contribution is 6.17. The number of pyridine rings is 2. The quantitative estimate of drug-likeness (QED) is 0.162. The summed E-state index contributed by atoms with van der Waals surface area (Å²) in [5.41, 5.74) is 11.9. The molecule has 8 heterocycles. The van der Waals surface area contributed by atoms with Crippen LogP contribution in [-0.4, -0.2) is 13.7 Å². The molecule has 1 atom stereocenters. The molecule has 3 aliphatic rings. The molecule has 0 fully saturated rings. The Morgan fingerprint density at radius 2 is 0.913 bits per heavy atom. The number of hydrogen-bond acceptors (Lipinski definition) is 0. The highest BCUT2D eigenvalue weighted by Gasteiger charge is 2.63. The zero-order valence-electron chi connectivity index (χ0n) is 24.5. The summed E-state index contributed by atoms with van der Waals surface area (Å²) in [5, 5.41) is 7.68. The maximum atomic E-state index is 2.59. The molecule has 1 spiro atoms. The number of nitrogens with zero attached hydrogens (tertiary/aromatic N) is 5. The number of benzene rings is 5. The highest BCUT2D eigenvalue weighted by Crippen LogP contribution is 2.54. The fraction of sp³-hybridized carbons (Fsp3) is 0.0244. The number of aromatic nitrogens is 5. The van der Waals surface area contributed by atoms with E-state index in [1.165, 1.54) is 93.9 Å². The summed E-state index contributed by atoms with van der Waals surface area (Å²) >= 11 is 0. The Hall–Kier alpha value is -6.20. The summed E-state index contributed by atoms with van der Waals surface area (Å²) in [6.45, 7) is 0. The standard InChI is InChI=1S/C41H23N5/c1-4-14-30-24(10-1)27-19-21-34-37-38(27)44(30)33-20-18-28-25-11-2-6-16-32(25)46-35-17-7-8-22-42(35)41(37,36(33)39(28)46)43-23-9-13-29-26-12-3-5-15-31(26)45(34)40(29)43/h1-23H/q+2. The first kappa shape index (κ1) is 22.3. The van der Waals surface area contributed by atoms with Crippen LogP contribution in [0.25, 0.3) is 82.7 Å². The summed E-state index contributed by atoms with van der Waals surface area (Å²) in [5.74, 6) is 1.17. The number of rotatable bonds is 0. The zero-order valence-corrected chi connectivity index (χ0v) is 24.5. The number of para-hydroxylation sites is 3. The van der Waals surface area contributed by atoms with Gasteiger partial charge in [-0.3, -0.25) is 0 Å². The van der Waals surface area contributed by atoms with Crippen LogP contribution in [0.2, 0.25) is 0 Å². The summed E-state index contributed by atoms with van der Waals surface area (Å²) in [4.78, 5) is 0. The fourth-order valence-corrected chi connectivity index (χ4v) is 9.71. The minimum atomic E-state index is -0.668. The lowest BCUT2D eigenvalue weighted by atomic mass is 9.80. The van der Waals surface area contributed by atoms with Gasteiger partial charge in [-0.25, -0.2) is 0 Å². The maximum Gasteiger partial charge on any atom is 0.318 e. The SMILES string of the molecule is c1cc[n+]2c(c1)-n1c3ccccc3c3ccc4c(c31)C21c2c(ccc3c5ccccc5n-4c23)-n2c3ccccc3c3ccc[n+]1c32. The van der Waals surface area contributed by atoms with Crippen molar-refractivity contribution >= 4 is 65.5 Å². The van der Waals surface area contributed by atoms with E-state index in [1.54, 1.807) is 0 Å². The van der Waals surface area contributed by atoms with Crippen LogP contribution >= 0.6 is 0 Å². The van der Waals surface area contributed by atoms with E-state index in [9.17, 15) is 0 Å². The first-order valence-corrected chi connectivity index (χ1v) is 16.0. The number of hydrogen-bond donors (Lipinski definition) is 0. The van der Waals surface area contributed by atoms with E-state index in [0.717, 1.165) is 0 Å². The van der Waals surface area contributed by atoms with Gasteiger partial charge in [-0.2, -0.15) is 18.3 Å². The third-order valence-electron chi connectivity index (χ3n) is 11.2. The fourth-order valence-electron chi connectivity index (χ4n) is 9.71. The van der Waals surface area contributed by atoms with Gasteiger partial charge in [0.05, 0.1) is 34.5 Å². The molecule has 0 radical (unpaired) electrons. The Balaban J connectivity index is 1.44. The van der Waals surface area contributed by atoms with E-state index >= 15 is 0 Å². The maximum absolute atomic E-state index is 2.59. The first-order chi connectivity index (χ1) is 22.9. The molecule has 0 saturated heterocycles. The van der Waals surface area contributed by atoms with Crippen molar-refractivity contribution in [2.24, 2.45) is 0 Å². The predicted octanol–water partition coefficient (Wildman–Crippen LogP) is 7.79. The molecule has 10 aromatic rings. The zero-order chi connectivity index (χ0) is 29.5. The van der Waals surface area contributed by atoms with Crippen LogP contribution in [-0.2, 0) is 5.66 Å². The second-order valence-corrected chi connectivity index (χ2v) is 13.0. The molecular formula is C41H23N5+2. The molecule has 5 nitrogen and oxygen atoms in total. The van der Waals surface area contributed by atoms with Gasteiger partial charge in [0.25, 0.3) is 11.5 Å². The Labute approximate surface area is 261 Å². The van der Waals surface area contributed by atoms with E-state index in [2.05, 4.69) is 163 Å². The van der Waals surface area contributed by atoms with Crippen LogP contribution in [0.1, 0.15) is 11.1 Å². The second kappa shape index (κ2) is 7.03. The Morgan fingerprint density at radius 1 is 0.391 bits per heavy atom. The van der Waals surface area contributed by atoms with E-state index < -0.39 is 5.66 Å². The Bertz CT molecular complexity index is 3080. The van der Waals surface area contributed by atoms with Crippen molar-refractivity contribution in [3.63, 3.8) is 0 Å². The molecule has 5 aromatic heterocycles. The third-order valence-corrected chi connectivity index (χ3v) is 11.2. The van der Waals surface area contributed by atoms with Gasteiger partial charge in [-0.15, -0.1) is 0 Å². The summed E-state index contributed by atoms with van der Waals surface area (Å²) in [6.07, 6.45) is 4.63. The van der Waals surface area contributed by atoms with Gasteiger partial charge in [0.15, 0.2) is 5.52 Å². The molecule has 3 aliphatic heterocycles. The minimum absolute atomic E-state index is 0.668. The van der Waals surface area contributed by atoms with Crippen LogP contribution in [0.4, 0.5) is 0 Å². The average molecular weight is 586 g/mol. The molecule has 0 N–H and O–H groups in total. The molecule has 0 aliphatic carbocycles. The van der Waals surface area contributed by atoms with Gasteiger partial charge < -0.3 is 4.57 Å². The van der Waals surface area contributed by atoms with Crippen molar-refractivity contribution < 1.29 is 9.13 Å². The topological polar surface area (TPSA) is 22.5 Å². The Morgan fingerprint density at radius 3 is 1.63 bits per heavy atom. The minimum Gasteiger partial charge on any atom is -0.308 e. The van der Waals surface area contributed by atoms with Gasteiger partial charge >= 0.3 is 5.66 Å². The predicted molar refractivity (Wildman–Crippen MR) is 181 cm³/mol. The summed E-state index contributed by atoms with van der Waals surface area (Å²) < 4.78 is 12.7. The molecule has 5 aromatic carbocycles. The third kappa shape index (κ3) is 2.06. The van der Waals surface area contributed by atoms with Crippen molar-refractivity contribution in [2.75, 3.05) is 0 Å². The molecule has 0 bridgehead atoms. The van der Waals surface area contributed by atoms with Crippen LogP contribution < -0.4 is 9.13 Å². The lowest BCUT2D eigenvalue weighted by molar-refractivity contribution is -0.960. The number of fused-ring (bicyclic) bond motifs is 13. The largest absolute Gasteiger partial charge is 0.318 e. The second-order valence-electron chi connectivity index (χ2n) is 13.0. The van der Waals surface area contributed by atoms with E-state index in [0.29, 0.717) is 0 Å². The summed E-state index contributed by atoms with van der Waals surface area (Å²) in [6, 6.07) is 47.4. The smallest absolute Gasteiger partial charge is 0.308 e. The van der Waals surface area contributed by atoms with E-state index in [-0.39, 0.29) is 0 Å². The van der Waals surface area contributed by atoms with E-state index in [4.69, 9.17) is 0 Å². The molecular weight excluding hydrogens is 562 g/mol.